The molecule has 3 nitrogen and oxygen atoms in total. The fourth-order valence-corrected chi connectivity index (χ4v) is 1.93. The largest absolute Gasteiger partial charge is 0.478 e. The van der Waals surface area contributed by atoms with E-state index in [4.69, 9.17) is 5.11 Å². The van der Waals surface area contributed by atoms with Crippen molar-refractivity contribution < 1.29 is 18.7 Å². The zero-order chi connectivity index (χ0) is 14.7. The summed E-state index contributed by atoms with van der Waals surface area (Å²) in [6.07, 6.45) is 0. The second kappa shape index (κ2) is 5.69. The summed E-state index contributed by atoms with van der Waals surface area (Å²) in [6.45, 7) is 0.0773. The van der Waals surface area contributed by atoms with Crippen molar-refractivity contribution in [1.82, 2.24) is 0 Å². The molecular formula is C15H13F2NO2. The standard InChI is InChI=1S/C15H13F2NO2/c1-18(14-5-3-2-4-13(14)17)9-11-8-10(15(19)20)6-7-12(11)16/h2-8H,9H2,1H3,(H,19,20). The third-order valence-corrected chi connectivity index (χ3v) is 2.96. The first-order valence-corrected chi connectivity index (χ1v) is 5.96. The van der Waals surface area contributed by atoms with E-state index in [0.717, 1.165) is 6.07 Å². The summed E-state index contributed by atoms with van der Waals surface area (Å²) in [4.78, 5) is 12.4. The van der Waals surface area contributed by atoms with Crippen LogP contribution >= 0.6 is 0 Å². The number of anilines is 1. The molecule has 0 fully saturated rings. The molecule has 0 amide bonds. The summed E-state index contributed by atoms with van der Waals surface area (Å²) >= 11 is 0. The van der Waals surface area contributed by atoms with Gasteiger partial charge in [-0.05, 0) is 30.3 Å². The maximum Gasteiger partial charge on any atom is 0.335 e. The number of carboxylic acids is 1. The van der Waals surface area contributed by atoms with Gasteiger partial charge in [-0.15, -0.1) is 0 Å². The fraction of sp³-hybridized carbons (Fsp3) is 0.133. The summed E-state index contributed by atoms with van der Waals surface area (Å²) in [5.41, 5.74) is 0.534. The molecule has 20 heavy (non-hydrogen) atoms. The van der Waals surface area contributed by atoms with Crippen molar-refractivity contribution in [3.63, 3.8) is 0 Å². The minimum Gasteiger partial charge on any atom is -0.478 e. The SMILES string of the molecule is CN(Cc1cc(C(=O)O)ccc1F)c1ccccc1F. The van der Waals surface area contributed by atoms with E-state index in [1.54, 1.807) is 25.2 Å². The number of para-hydroxylation sites is 1. The number of rotatable bonds is 4. The van der Waals surface area contributed by atoms with Crippen LogP contribution in [0.4, 0.5) is 14.5 Å². The Morgan fingerprint density at radius 2 is 1.85 bits per heavy atom. The maximum absolute atomic E-state index is 13.7. The molecule has 104 valence electrons. The van der Waals surface area contributed by atoms with Crippen LogP contribution in [0.15, 0.2) is 42.5 Å². The van der Waals surface area contributed by atoms with Gasteiger partial charge < -0.3 is 10.0 Å². The Kier molecular flexibility index (Phi) is 3.98. The number of hydrogen-bond donors (Lipinski definition) is 1. The van der Waals surface area contributed by atoms with Gasteiger partial charge in [-0.2, -0.15) is 0 Å². The van der Waals surface area contributed by atoms with Gasteiger partial charge in [0.1, 0.15) is 11.6 Å². The predicted octanol–water partition coefficient (Wildman–Crippen LogP) is 3.30. The highest BCUT2D eigenvalue weighted by atomic mass is 19.1. The number of aromatic carboxylic acids is 1. The number of carboxylic acid groups (broad SMARTS) is 1. The number of benzene rings is 2. The van der Waals surface area contributed by atoms with Crippen molar-refractivity contribution >= 4 is 11.7 Å². The van der Waals surface area contributed by atoms with Crippen LogP contribution in [0.1, 0.15) is 15.9 Å². The molecule has 2 aromatic rings. The smallest absolute Gasteiger partial charge is 0.335 e. The van der Waals surface area contributed by atoms with Crippen molar-refractivity contribution in [2.75, 3.05) is 11.9 Å². The van der Waals surface area contributed by atoms with Gasteiger partial charge >= 0.3 is 5.97 Å². The molecule has 0 saturated carbocycles. The molecule has 0 radical (unpaired) electrons. The monoisotopic (exact) mass is 277 g/mol. The first kappa shape index (κ1) is 14.0. The van der Waals surface area contributed by atoms with Gasteiger partial charge in [0, 0.05) is 19.2 Å². The van der Waals surface area contributed by atoms with E-state index < -0.39 is 17.6 Å². The molecule has 2 rings (SSSR count). The van der Waals surface area contributed by atoms with E-state index >= 15 is 0 Å². The predicted molar refractivity (Wildman–Crippen MR) is 71.9 cm³/mol. The van der Waals surface area contributed by atoms with Gasteiger partial charge in [-0.25, -0.2) is 13.6 Å². The van der Waals surface area contributed by atoms with Crippen molar-refractivity contribution in [2.45, 2.75) is 6.54 Å². The van der Waals surface area contributed by atoms with E-state index in [9.17, 15) is 13.6 Å². The van der Waals surface area contributed by atoms with E-state index in [1.807, 2.05) is 0 Å². The highest BCUT2D eigenvalue weighted by Crippen LogP contribution is 2.21. The van der Waals surface area contributed by atoms with Crippen LogP contribution in [0.3, 0.4) is 0 Å². The quantitative estimate of drug-likeness (QED) is 0.932. The number of nitrogens with zero attached hydrogens (tertiary/aromatic N) is 1. The van der Waals surface area contributed by atoms with E-state index in [2.05, 4.69) is 0 Å². The summed E-state index contributed by atoms with van der Waals surface area (Å²) < 4.78 is 27.3. The second-order valence-electron chi connectivity index (χ2n) is 4.42. The molecule has 0 aliphatic carbocycles. The Balaban J connectivity index is 2.28. The first-order chi connectivity index (χ1) is 9.49. The van der Waals surface area contributed by atoms with Crippen molar-refractivity contribution in [3.8, 4) is 0 Å². The molecule has 0 bridgehead atoms. The minimum absolute atomic E-state index is 0.00309. The molecule has 0 saturated heterocycles. The number of hydrogen-bond acceptors (Lipinski definition) is 2. The van der Waals surface area contributed by atoms with Crippen LogP contribution in [0.2, 0.25) is 0 Å². The lowest BCUT2D eigenvalue weighted by Crippen LogP contribution is -2.18. The van der Waals surface area contributed by atoms with Crippen LogP contribution in [-0.2, 0) is 6.54 Å². The van der Waals surface area contributed by atoms with Crippen LogP contribution in [-0.4, -0.2) is 18.1 Å². The van der Waals surface area contributed by atoms with Gasteiger partial charge in [0.25, 0.3) is 0 Å². The fourth-order valence-electron chi connectivity index (χ4n) is 1.93. The Bertz CT molecular complexity index is 644. The van der Waals surface area contributed by atoms with E-state index in [-0.39, 0.29) is 17.7 Å². The third kappa shape index (κ3) is 2.93. The molecule has 0 spiro atoms. The molecule has 5 heteroatoms. The maximum atomic E-state index is 13.7. The molecule has 0 unspecified atom stereocenters. The topological polar surface area (TPSA) is 40.5 Å². The minimum atomic E-state index is -1.13. The van der Waals surface area contributed by atoms with E-state index in [1.165, 1.54) is 23.1 Å². The van der Waals surface area contributed by atoms with Gasteiger partial charge in [0.05, 0.1) is 11.3 Å². The molecular weight excluding hydrogens is 264 g/mol. The number of carbonyl (C=O) groups is 1. The zero-order valence-corrected chi connectivity index (χ0v) is 10.8. The second-order valence-corrected chi connectivity index (χ2v) is 4.42. The molecule has 1 N–H and O–H groups in total. The van der Waals surface area contributed by atoms with Gasteiger partial charge in [0.15, 0.2) is 0 Å². The average molecular weight is 277 g/mol. The van der Waals surface area contributed by atoms with Crippen LogP contribution < -0.4 is 4.90 Å². The molecule has 0 aromatic heterocycles. The van der Waals surface area contributed by atoms with Crippen molar-refractivity contribution in [1.29, 1.82) is 0 Å². The van der Waals surface area contributed by atoms with E-state index in [0.29, 0.717) is 5.69 Å². The summed E-state index contributed by atoms with van der Waals surface area (Å²) in [6, 6.07) is 9.70. The Morgan fingerprint density at radius 3 is 2.50 bits per heavy atom. The highest BCUT2D eigenvalue weighted by Gasteiger charge is 2.12. The Hall–Kier alpha value is -2.43. The summed E-state index contributed by atoms with van der Waals surface area (Å²) in [5, 5.41) is 8.90. The molecule has 0 aliphatic heterocycles. The van der Waals surface area contributed by atoms with Crippen LogP contribution in [0.5, 0.6) is 0 Å². The molecule has 0 atom stereocenters. The lowest BCUT2D eigenvalue weighted by atomic mass is 10.1. The van der Waals surface area contributed by atoms with Crippen LogP contribution in [0, 0.1) is 11.6 Å². The van der Waals surface area contributed by atoms with Gasteiger partial charge in [-0.3, -0.25) is 0 Å². The molecule has 0 heterocycles. The van der Waals surface area contributed by atoms with Crippen LogP contribution in [0.25, 0.3) is 0 Å². The summed E-state index contributed by atoms with van der Waals surface area (Å²) in [5.74, 6) is -2.05. The number of halogens is 2. The highest BCUT2D eigenvalue weighted by molar-refractivity contribution is 5.87. The Morgan fingerprint density at radius 1 is 1.15 bits per heavy atom. The zero-order valence-electron chi connectivity index (χ0n) is 10.8. The van der Waals surface area contributed by atoms with Crippen molar-refractivity contribution in [2.24, 2.45) is 0 Å². The first-order valence-electron chi connectivity index (χ1n) is 5.96. The lowest BCUT2D eigenvalue weighted by Gasteiger charge is -2.20. The molecule has 0 aliphatic rings. The lowest BCUT2D eigenvalue weighted by molar-refractivity contribution is 0.0696. The normalized spacial score (nSPS) is 10.3. The molecule has 2 aromatic carbocycles. The van der Waals surface area contributed by atoms with Crippen molar-refractivity contribution in [3.05, 3.63) is 65.2 Å². The average Bonchev–Trinajstić information content (AvgIpc) is 2.41. The van der Waals surface area contributed by atoms with Gasteiger partial charge in [0.2, 0.25) is 0 Å². The summed E-state index contributed by atoms with van der Waals surface area (Å²) in [7, 11) is 1.62. The third-order valence-electron chi connectivity index (χ3n) is 2.96. The Labute approximate surface area is 115 Å². The van der Waals surface area contributed by atoms with Gasteiger partial charge in [-0.1, -0.05) is 12.1 Å².